The molecular weight excluding hydrogens is 272 g/mol. The van der Waals surface area contributed by atoms with Gasteiger partial charge in [0.1, 0.15) is 4.90 Å². The van der Waals surface area contributed by atoms with E-state index in [0.29, 0.717) is 11.3 Å². The van der Waals surface area contributed by atoms with Gasteiger partial charge in [0.05, 0.1) is 0 Å². The van der Waals surface area contributed by atoms with Gasteiger partial charge in [-0.05, 0) is 12.1 Å². The molecule has 7 nitrogen and oxygen atoms in total. The van der Waals surface area contributed by atoms with Crippen molar-refractivity contribution in [3.63, 3.8) is 0 Å². The summed E-state index contributed by atoms with van der Waals surface area (Å²) in [5, 5.41) is 3.55. The first-order valence-corrected chi connectivity index (χ1v) is 7.21. The number of nitrogens with zero attached hydrogens (tertiary/aromatic N) is 1. The molecule has 2 heterocycles. The molecule has 1 aliphatic heterocycles. The van der Waals surface area contributed by atoms with E-state index in [1.165, 1.54) is 6.07 Å². The predicted octanol–water partition coefficient (Wildman–Crippen LogP) is 1.06. The molecule has 3 rings (SSSR count). The molecule has 0 bridgehead atoms. The van der Waals surface area contributed by atoms with Crippen molar-refractivity contribution in [2.24, 2.45) is 0 Å². The number of aromatic nitrogens is 1. The molecule has 0 unspecified atom stereocenters. The highest BCUT2D eigenvalue weighted by Gasteiger charge is 2.29. The molecule has 1 aromatic heterocycles. The third-order valence-electron chi connectivity index (χ3n) is 2.66. The number of rotatable bonds is 2. The Bertz CT molecular complexity index is 750. The minimum Gasteiger partial charge on any atom is -0.454 e. The highest BCUT2D eigenvalue weighted by atomic mass is 32.2. The highest BCUT2D eigenvalue weighted by Crippen LogP contribution is 2.43. The Kier molecular flexibility index (Phi) is 2.42. The molecule has 19 heavy (non-hydrogen) atoms. The van der Waals surface area contributed by atoms with Crippen LogP contribution in [0.15, 0.2) is 27.6 Å². The summed E-state index contributed by atoms with van der Waals surface area (Å²) in [4.78, 5) is 0.0126. The first-order valence-electron chi connectivity index (χ1n) is 5.32. The summed E-state index contributed by atoms with van der Waals surface area (Å²) in [6.07, 6.45) is 1.09. The van der Waals surface area contributed by atoms with Gasteiger partial charge in [-0.1, -0.05) is 5.16 Å². The number of fused-ring (bicyclic) bond motifs is 1. The van der Waals surface area contributed by atoms with Crippen molar-refractivity contribution in [2.75, 3.05) is 18.8 Å². The van der Waals surface area contributed by atoms with Crippen LogP contribution in [0.4, 0.5) is 5.82 Å². The summed E-state index contributed by atoms with van der Waals surface area (Å²) < 4.78 is 39.3. The van der Waals surface area contributed by atoms with E-state index in [2.05, 4.69) is 5.16 Å². The SMILES string of the molecule is CS(=O)(=O)c1c(-c2cc(N)no2)ccc2c1OCO2. The number of nitrogen functional groups attached to an aromatic ring is 1. The van der Waals surface area contributed by atoms with Crippen molar-refractivity contribution in [1.82, 2.24) is 5.16 Å². The topological polar surface area (TPSA) is 105 Å². The Balaban J connectivity index is 2.32. The van der Waals surface area contributed by atoms with E-state index in [1.807, 2.05) is 0 Å². The molecule has 1 aliphatic rings. The minimum absolute atomic E-state index is 0.0126. The summed E-state index contributed by atoms with van der Waals surface area (Å²) in [5.74, 6) is 1.01. The molecule has 0 saturated carbocycles. The van der Waals surface area contributed by atoms with Crippen molar-refractivity contribution in [2.45, 2.75) is 4.90 Å². The number of sulfone groups is 1. The number of hydrogen-bond acceptors (Lipinski definition) is 7. The lowest BCUT2D eigenvalue weighted by molar-refractivity contribution is 0.172. The summed E-state index contributed by atoms with van der Waals surface area (Å²) in [6.45, 7) is -0.0140. The van der Waals surface area contributed by atoms with E-state index in [4.69, 9.17) is 19.7 Å². The number of benzene rings is 1. The van der Waals surface area contributed by atoms with Gasteiger partial charge in [-0.2, -0.15) is 0 Å². The zero-order valence-electron chi connectivity index (χ0n) is 9.91. The van der Waals surface area contributed by atoms with Crippen LogP contribution in [0.5, 0.6) is 11.5 Å². The van der Waals surface area contributed by atoms with Gasteiger partial charge in [0, 0.05) is 17.9 Å². The molecular formula is C11H10N2O5S. The van der Waals surface area contributed by atoms with Crippen molar-refractivity contribution in [3.8, 4) is 22.8 Å². The van der Waals surface area contributed by atoms with E-state index in [0.717, 1.165) is 6.26 Å². The second-order valence-electron chi connectivity index (χ2n) is 4.06. The zero-order chi connectivity index (χ0) is 13.6. The van der Waals surface area contributed by atoms with Gasteiger partial charge in [0.15, 0.2) is 32.9 Å². The molecule has 100 valence electrons. The van der Waals surface area contributed by atoms with Crippen LogP contribution in [0.3, 0.4) is 0 Å². The van der Waals surface area contributed by atoms with E-state index in [1.54, 1.807) is 12.1 Å². The van der Waals surface area contributed by atoms with Crippen LogP contribution < -0.4 is 15.2 Å². The largest absolute Gasteiger partial charge is 0.454 e. The van der Waals surface area contributed by atoms with Gasteiger partial charge < -0.3 is 19.7 Å². The maximum atomic E-state index is 12.0. The van der Waals surface area contributed by atoms with Crippen LogP contribution >= 0.6 is 0 Å². The van der Waals surface area contributed by atoms with Gasteiger partial charge in [-0.25, -0.2) is 8.42 Å². The Labute approximate surface area is 108 Å². The first-order chi connectivity index (χ1) is 8.97. The molecule has 0 spiro atoms. The number of ether oxygens (including phenoxy) is 2. The maximum Gasteiger partial charge on any atom is 0.231 e. The van der Waals surface area contributed by atoms with Crippen LogP contribution in [0.1, 0.15) is 0 Å². The fraction of sp³-hybridized carbons (Fsp3) is 0.182. The van der Waals surface area contributed by atoms with Crippen molar-refractivity contribution in [1.29, 1.82) is 0 Å². The highest BCUT2D eigenvalue weighted by molar-refractivity contribution is 7.91. The first kappa shape index (κ1) is 11.8. The Hall–Kier alpha value is -2.22. The van der Waals surface area contributed by atoms with Crippen LogP contribution in [-0.2, 0) is 9.84 Å². The van der Waals surface area contributed by atoms with Gasteiger partial charge in [-0.15, -0.1) is 0 Å². The molecule has 8 heteroatoms. The number of anilines is 1. The molecule has 0 atom stereocenters. The Morgan fingerprint density at radius 2 is 2.11 bits per heavy atom. The summed E-state index contributed by atoms with van der Waals surface area (Å²) in [7, 11) is -3.53. The fourth-order valence-electron chi connectivity index (χ4n) is 1.92. The average Bonchev–Trinajstić information content (AvgIpc) is 2.93. The minimum atomic E-state index is -3.53. The standard InChI is InChI=1S/C11H10N2O5S/c1-19(14,15)11-6(8-4-9(12)13-18-8)2-3-7-10(11)17-5-16-7/h2-4H,5H2,1H3,(H2,12,13). The maximum absolute atomic E-state index is 12.0. The molecule has 0 fully saturated rings. The fourth-order valence-corrected chi connectivity index (χ4v) is 2.99. The molecule has 0 amide bonds. The van der Waals surface area contributed by atoms with Crippen LogP contribution in [0.25, 0.3) is 11.3 Å². The molecule has 0 radical (unpaired) electrons. The summed E-state index contributed by atoms with van der Waals surface area (Å²) >= 11 is 0. The third-order valence-corrected chi connectivity index (χ3v) is 3.81. The molecule has 0 saturated heterocycles. The van der Waals surface area contributed by atoms with E-state index < -0.39 is 9.84 Å². The van der Waals surface area contributed by atoms with Gasteiger partial charge in [-0.3, -0.25) is 0 Å². The zero-order valence-corrected chi connectivity index (χ0v) is 10.7. The predicted molar refractivity (Wildman–Crippen MR) is 65.6 cm³/mol. The average molecular weight is 282 g/mol. The molecule has 1 aromatic carbocycles. The van der Waals surface area contributed by atoms with E-state index in [9.17, 15) is 8.42 Å². The lowest BCUT2D eigenvalue weighted by Crippen LogP contribution is -2.02. The quantitative estimate of drug-likeness (QED) is 0.877. The Morgan fingerprint density at radius 3 is 2.74 bits per heavy atom. The lowest BCUT2D eigenvalue weighted by atomic mass is 10.1. The lowest BCUT2D eigenvalue weighted by Gasteiger charge is -2.08. The van der Waals surface area contributed by atoms with Gasteiger partial charge in [0.2, 0.25) is 6.79 Å². The smallest absolute Gasteiger partial charge is 0.231 e. The van der Waals surface area contributed by atoms with Crippen molar-refractivity contribution in [3.05, 3.63) is 18.2 Å². The van der Waals surface area contributed by atoms with Crippen molar-refractivity contribution < 1.29 is 22.4 Å². The van der Waals surface area contributed by atoms with Gasteiger partial charge in [0.25, 0.3) is 0 Å². The number of hydrogen-bond donors (Lipinski definition) is 1. The van der Waals surface area contributed by atoms with E-state index in [-0.39, 0.29) is 29.0 Å². The monoisotopic (exact) mass is 282 g/mol. The van der Waals surface area contributed by atoms with Crippen LogP contribution in [0.2, 0.25) is 0 Å². The molecule has 2 N–H and O–H groups in total. The second-order valence-corrected chi connectivity index (χ2v) is 6.02. The van der Waals surface area contributed by atoms with Crippen molar-refractivity contribution >= 4 is 15.7 Å². The van der Waals surface area contributed by atoms with Crippen LogP contribution in [0, 0.1) is 0 Å². The normalized spacial score (nSPS) is 13.7. The summed E-state index contributed by atoms with van der Waals surface area (Å²) in [6, 6.07) is 4.64. The molecule has 0 aliphatic carbocycles. The molecule has 2 aromatic rings. The van der Waals surface area contributed by atoms with E-state index >= 15 is 0 Å². The second kappa shape index (κ2) is 3.89. The third kappa shape index (κ3) is 1.89. The van der Waals surface area contributed by atoms with Crippen LogP contribution in [-0.4, -0.2) is 26.6 Å². The summed E-state index contributed by atoms with van der Waals surface area (Å²) in [5.41, 5.74) is 5.82. The number of nitrogens with two attached hydrogens (primary N) is 1. The Morgan fingerprint density at radius 1 is 1.32 bits per heavy atom. The van der Waals surface area contributed by atoms with Gasteiger partial charge >= 0.3 is 0 Å².